The van der Waals surface area contributed by atoms with Crippen molar-refractivity contribution < 1.29 is 18.4 Å². The van der Waals surface area contributed by atoms with Gasteiger partial charge in [0, 0.05) is 10.8 Å². The van der Waals surface area contributed by atoms with E-state index in [0.717, 1.165) is 35.2 Å². The number of likely N-dealkylation sites (tertiary alicyclic amines) is 1. The molecule has 0 spiro atoms. The monoisotopic (exact) mass is 407 g/mol. The van der Waals surface area contributed by atoms with Gasteiger partial charge in [-0.25, -0.2) is 13.8 Å². The molecule has 0 unspecified atom stereocenters. The number of aryl methyl sites for hydroxylation is 2. The second-order valence-electron chi connectivity index (χ2n) is 6.96. The van der Waals surface area contributed by atoms with Crippen LogP contribution in [0.4, 0.5) is 13.9 Å². The number of nitrogens with one attached hydrogen (secondary N) is 1. The highest BCUT2D eigenvalue weighted by Gasteiger charge is 2.28. The van der Waals surface area contributed by atoms with Crippen molar-refractivity contribution in [2.24, 2.45) is 5.92 Å². The molecular formula is C20H23F2N3O2S. The van der Waals surface area contributed by atoms with Crippen LogP contribution in [-0.4, -0.2) is 41.2 Å². The second kappa shape index (κ2) is 8.87. The maximum Gasteiger partial charge on any atom is 0.240 e. The molecular weight excluding hydrogens is 384 g/mol. The number of carbonyl (C=O) groups is 2. The fourth-order valence-corrected chi connectivity index (χ4v) is 4.35. The highest BCUT2D eigenvalue weighted by molar-refractivity contribution is 7.15. The van der Waals surface area contributed by atoms with Gasteiger partial charge in [-0.3, -0.25) is 14.5 Å². The van der Waals surface area contributed by atoms with Crippen molar-refractivity contribution in [1.82, 2.24) is 9.88 Å². The summed E-state index contributed by atoms with van der Waals surface area (Å²) in [5, 5.41) is 3.43. The van der Waals surface area contributed by atoms with E-state index in [4.69, 9.17) is 0 Å². The van der Waals surface area contributed by atoms with Gasteiger partial charge in [-0.05, 0) is 57.5 Å². The number of hydrogen-bond donors (Lipinski definition) is 1. The number of halogens is 2. The Kier molecular flexibility index (Phi) is 6.51. The van der Waals surface area contributed by atoms with Gasteiger partial charge in [-0.15, -0.1) is 11.3 Å². The number of carbonyl (C=O) groups excluding carboxylic acids is 2. The van der Waals surface area contributed by atoms with Crippen LogP contribution >= 0.6 is 11.3 Å². The molecule has 1 aromatic carbocycles. The highest BCUT2D eigenvalue weighted by atomic mass is 32.1. The normalized spacial score (nSPS) is 15.6. The summed E-state index contributed by atoms with van der Waals surface area (Å²) in [7, 11) is 0. The predicted molar refractivity (Wildman–Crippen MR) is 105 cm³/mol. The summed E-state index contributed by atoms with van der Waals surface area (Å²) in [6, 6.07) is 2.94. The van der Waals surface area contributed by atoms with Crippen LogP contribution in [0.1, 0.15) is 40.7 Å². The molecule has 28 heavy (non-hydrogen) atoms. The summed E-state index contributed by atoms with van der Waals surface area (Å²) in [6.45, 7) is 5.33. The molecule has 1 aliphatic rings. The van der Waals surface area contributed by atoms with E-state index in [9.17, 15) is 18.4 Å². The molecule has 0 atom stereocenters. The second-order valence-corrected chi connectivity index (χ2v) is 8.17. The summed E-state index contributed by atoms with van der Waals surface area (Å²) in [5.74, 6) is -2.19. The first-order chi connectivity index (χ1) is 13.4. The van der Waals surface area contributed by atoms with E-state index in [1.807, 2.05) is 18.7 Å². The van der Waals surface area contributed by atoms with Crippen LogP contribution in [0.25, 0.3) is 0 Å². The molecule has 1 saturated heterocycles. The fraction of sp³-hybridized carbons (Fsp3) is 0.450. The Labute approximate surface area is 166 Å². The van der Waals surface area contributed by atoms with Gasteiger partial charge in [0.1, 0.15) is 11.6 Å². The maximum atomic E-state index is 13.8. The lowest BCUT2D eigenvalue weighted by Crippen LogP contribution is -2.40. The highest BCUT2D eigenvalue weighted by Crippen LogP contribution is 2.25. The zero-order chi connectivity index (χ0) is 20.3. The van der Waals surface area contributed by atoms with Crippen LogP contribution in [0.15, 0.2) is 18.2 Å². The Balaban J connectivity index is 1.51. The number of rotatable bonds is 6. The molecule has 1 fully saturated rings. The van der Waals surface area contributed by atoms with Gasteiger partial charge in [-0.2, -0.15) is 0 Å². The van der Waals surface area contributed by atoms with Crippen LogP contribution in [0.2, 0.25) is 0 Å². The average molecular weight is 407 g/mol. The molecule has 1 amide bonds. The number of amides is 1. The number of hydrogen-bond acceptors (Lipinski definition) is 5. The SMILES string of the molecule is CCc1nc(NC(=O)CN2CCC(C(=O)c3cc(F)ccc3F)CC2)sc1C. The number of anilines is 1. The number of thiazole rings is 1. The lowest BCUT2D eigenvalue weighted by Gasteiger charge is -2.30. The van der Waals surface area contributed by atoms with E-state index >= 15 is 0 Å². The van der Waals surface area contributed by atoms with Gasteiger partial charge in [0.15, 0.2) is 10.9 Å². The van der Waals surface area contributed by atoms with Gasteiger partial charge in [0.2, 0.25) is 5.91 Å². The first kappa shape index (κ1) is 20.5. The Morgan fingerprint density at radius 1 is 1.29 bits per heavy atom. The molecule has 0 saturated carbocycles. The minimum absolute atomic E-state index is 0.141. The first-order valence-electron chi connectivity index (χ1n) is 9.35. The van der Waals surface area contributed by atoms with E-state index < -0.39 is 11.6 Å². The van der Waals surface area contributed by atoms with E-state index in [-0.39, 0.29) is 29.7 Å². The van der Waals surface area contributed by atoms with Crippen molar-refractivity contribution in [1.29, 1.82) is 0 Å². The van der Waals surface area contributed by atoms with Crippen molar-refractivity contribution in [3.05, 3.63) is 46.0 Å². The Hall–Kier alpha value is -2.19. The van der Waals surface area contributed by atoms with E-state index in [0.29, 0.717) is 31.1 Å². The minimum Gasteiger partial charge on any atom is -0.301 e. The molecule has 1 aromatic heterocycles. The number of aromatic nitrogens is 1. The molecule has 150 valence electrons. The average Bonchev–Trinajstić information content (AvgIpc) is 3.02. The zero-order valence-corrected chi connectivity index (χ0v) is 16.7. The van der Waals surface area contributed by atoms with Gasteiger partial charge in [0.05, 0.1) is 17.8 Å². The Morgan fingerprint density at radius 3 is 2.64 bits per heavy atom. The number of piperidine rings is 1. The van der Waals surface area contributed by atoms with E-state index in [1.54, 1.807) is 0 Å². The number of ketones is 1. The van der Waals surface area contributed by atoms with Crippen molar-refractivity contribution in [2.45, 2.75) is 33.1 Å². The Morgan fingerprint density at radius 2 is 2.00 bits per heavy atom. The van der Waals surface area contributed by atoms with Crippen molar-refractivity contribution in [3.63, 3.8) is 0 Å². The summed E-state index contributed by atoms with van der Waals surface area (Å²) < 4.78 is 27.2. The van der Waals surface area contributed by atoms with Gasteiger partial charge in [-0.1, -0.05) is 6.92 Å². The number of benzene rings is 1. The quantitative estimate of drug-likeness (QED) is 0.740. The Bertz CT molecular complexity index is 876. The molecule has 1 N–H and O–H groups in total. The third-order valence-corrected chi connectivity index (χ3v) is 5.92. The van der Waals surface area contributed by atoms with Gasteiger partial charge < -0.3 is 5.32 Å². The van der Waals surface area contributed by atoms with E-state index in [1.165, 1.54) is 11.3 Å². The molecule has 5 nitrogen and oxygen atoms in total. The molecule has 0 bridgehead atoms. The third kappa shape index (κ3) is 4.80. The predicted octanol–water partition coefficient (Wildman–Crippen LogP) is 3.83. The summed E-state index contributed by atoms with van der Waals surface area (Å²) in [4.78, 5) is 32.2. The van der Waals surface area contributed by atoms with Gasteiger partial charge >= 0.3 is 0 Å². The van der Waals surface area contributed by atoms with E-state index in [2.05, 4.69) is 10.3 Å². The van der Waals surface area contributed by atoms with Crippen molar-refractivity contribution in [2.75, 3.05) is 25.0 Å². The molecule has 1 aliphatic heterocycles. The largest absolute Gasteiger partial charge is 0.301 e. The molecule has 2 heterocycles. The topological polar surface area (TPSA) is 62.3 Å². The molecule has 0 radical (unpaired) electrons. The minimum atomic E-state index is -0.696. The summed E-state index contributed by atoms with van der Waals surface area (Å²) in [5.41, 5.74) is 0.797. The van der Waals surface area contributed by atoms with Crippen LogP contribution in [-0.2, 0) is 11.2 Å². The van der Waals surface area contributed by atoms with Crippen LogP contribution < -0.4 is 5.32 Å². The fourth-order valence-electron chi connectivity index (χ4n) is 3.43. The molecule has 8 heteroatoms. The maximum absolute atomic E-state index is 13.8. The van der Waals surface area contributed by atoms with Gasteiger partial charge in [0.25, 0.3) is 0 Å². The lowest BCUT2D eigenvalue weighted by atomic mass is 9.88. The van der Waals surface area contributed by atoms with Crippen LogP contribution in [0, 0.1) is 24.5 Å². The lowest BCUT2D eigenvalue weighted by molar-refractivity contribution is -0.117. The van der Waals surface area contributed by atoms with Crippen LogP contribution in [0.3, 0.4) is 0 Å². The third-order valence-electron chi connectivity index (χ3n) is 4.99. The zero-order valence-electron chi connectivity index (χ0n) is 15.9. The molecule has 3 rings (SSSR count). The van der Waals surface area contributed by atoms with Crippen molar-refractivity contribution in [3.8, 4) is 0 Å². The van der Waals surface area contributed by atoms with Crippen LogP contribution in [0.5, 0.6) is 0 Å². The molecule has 2 aromatic rings. The van der Waals surface area contributed by atoms with Crippen molar-refractivity contribution >= 4 is 28.2 Å². The summed E-state index contributed by atoms with van der Waals surface area (Å²) in [6.07, 6.45) is 1.85. The standard InChI is InChI=1S/C20H23F2N3O2S/c1-3-17-12(2)28-20(23-17)24-18(26)11-25-8-6-13(7-9-25)19(27)15-10-14(21)4-5-16(15)22/h4-5,10,13H,3,6-9,11H2,1-2H3,(H,23,24,26). The molecule has 0 aliphatic carbocycles. The summed E-state index contributed by atoms with van der Waals surface area (Å²) >= 11 is 1.46. The number of nitrogens with zero attached hydrogens (tertiary/aromatic N) is 2. The number of Topliss-reactive ketones (excluding diaryl/α,β-unsaturated/α-hetero) is 1. The smallest absolute Gasteiger partial charge is 0.240 e. The first-order valence-corrected chi connectivity index (χ1v) is 10.2.